The molecule has 0 bridgehead atoms. The average Bonchev–Trinajstić information content (AvgIpc) is 2.73. The normalized spacial score (nSPS) is 28.0. The second-order valence-corrected chi connectivity index (χ2v) is 7.27. The van der Waals surface area contributed by atoms with E-state index in [0.29, 0.717) is 23.6 Å². The zero-order valence-electron chi connectivity index (χ0n) is 16.1. The molecule has 28 heavy (non-hydrogen) atoms. The van der Waals surface area contributed by atoms with Crippen molar-refractivity contribution in [1.82, 2.24) is 0 Å². The van der Waals surface area contributed by atoms with Gasteiger partial charge in [0.2, 0.25) is 0 Å². The van der Waals surface area contributed by atoms with E-state index in [1.54, 1.807) is 25.3 Å². The fraction of sp³-hybridized carbons (Fsp3) is 0.429. The largest absolute Gasteiger partial charge is 0.497 e. The minimum absolute atomic E-state index is 0.148. The molecule has 7 nitrogen and oxygen atoms in total. The van der Waals surface area contributed by atoms with Crippen molar-refractivity contribution in [2.45, 2.75) is 5.92 Å². The van der Waals surface area contributed by atoms with Crippen molar-refractivity contribution >= 4 is 5.71 Å². The molecule has 0 amide bonds. The van der Waals surface area contributed by atoms with E-state index < -0.39 is 17.3 Å². The first-order valence-corrected chi connectivity index (χ1v) is 9.01. The number of hydrogen-bond acceptors (Lipinski definition) is 6. The Morgan fingerprint density at radius 3 is 2.46 bits per heavy atom. The highest BCUT2D eigenvalue weighted by atomic mass is 16.5. The van der Waals surface area contributed by atoms with Crippen molar-refractivity contribution in [3.63, 3.8) is 0 Å². The Kier molecular flexibility index (Phi) is 5.10. The summed E-state index contributed by atoms with van der Waals surface area (Å²) in [4.78, 5) is 1.22. The maximum absolute atomic E-state index is 10.1. The molecule has 3 rings (SSSR count). The van der Waals surface area contributed by atoms with Crippen LogP contribution in [0.2, 0.25) is 0 Å². The maximum Gasteiger partial charge on any atom is 0.190 e. The third-order valence-electron chi connectivity index (χ3n) is 5.86. The predicted octanol–water partition coefficient (Wildman–Crippen LogP) is 1.07. The van der Waals surface area contributed by atoms with Crippen LogP contribution in [0.5, 0.6) is 11.5 Å². The monoisotopic (exact) mass is 376 g/mol. The highest BCUT2D eigenvalue weighted by Gasteiger charge is 2.59. The first kappa shape index (κ1) is 19.4. The fourth-order valence-electron chi connectivity index (χ4n) is 4.47. The number of benzene rings is 1. The van der Waals surface area contributed by atoms with Gasteiger partial charge < -0.3 is 19.8 Å². The number of ether oxygens (including phenoxy) is 2. The lowest BCUT2D eigenvalue weighted by Crippen LogP contribution is -3.10. The van der Waals surface area contributed by atoms with E-state index in [-0.39, 0.29) is 11.6 Å². The summed E-state index contributed by atoms with van der Waals surface area (Å²) in [5.74, 6) is -0.568. The van der Waals surface area contributed by atoms with Crippen LogP contribution in [0.15, 0.2) is 29.8 Å². The van der Waals surface area contributed by atoms with Crippen LogP contribution >= 0.6 is 0 Å². The predicted molar refractivity (Wildman–Crippen MR) is 101 cm³/mol. The van der Waals surface area contributed by atoms with Gasteiger partial charge in [-0.25, -0.2) is 0 Å². The van der Waals surface area contributed by atoms with Crippen molar-refractivity contribution in [1.29, 1.82) is 21.2 Å². The van der Waals surface area contributed by atoms with Crippen molar-refractivity contribution in [2.75, 3.05) is 34.4 Å². The highest BCUT2D eigenvalue weighted by Crippen LogP contribution is 2.54. The van der Waals surface area contributed by atoms with Crippen LogP contribution in [0.1, 0.15) is 11.5 Å². The summed E-state index contributed by atoms with van der Waals surface area (Å²) in [6, 6.07) is 11.6. The minimum atomic E-state index is -1.73. The molecule has 1 aliphatic carbocycles. The second kappa shape index (κ2) is 7.35. The first-order chi connectivity index (χ1) is 13.5. The van der Waals surface area contributed by atoms with Gasteiger partial charge in [-0.1, -0.05) is 6.07 Å². The molecule has 4 atom stereocenters. The third-order valence-corrected chi connectivity index (χ3v) is 5.86. The number of quaternary nitrogens is 1. The Balaban J connectivity index is 2.30. The summed E-state index contributed by atoms with van der Waals surface area (Å²) >= 11 is 0. The second-order valence-electron chi connectivity index (χ2n) is 7.27. The van der Waals surface area contributed by atoms with E-state index in [0.717, 1.165) is 12.1 Å². The number of nitrogens with zero attached hydrogens (tertiary/aromatic N) is 3. The van der Waals surface area contributed by atoms with E-state index in [2.05, 4.69) is 18.2 Å². The molecular formula is C21H22N5O2+. The topological polar surface area (TPSA) is 118 Å². The molecular weight excluding hydrogens is 354 g/mol. The molecule has 1 heterocycles. The van der Waals surface area contributed by atoms with Gasteiger partial charge in [-0.2, -0.15) is 15.8 Å². The Morgan fingerprint density at radius 2 is 1.89 bits per heavy atom. The Morgan fingerprint density at radius 1 is 1.18 bits per heavy atom. The van der Waals surface area contributed by atoms with E-state index in [1.807, 2.05) is 13.1 Å². The van der Waals surface area contributed by atoms with E-state index in [4.69, 9.17) is 14.9 Å². The Bertz CT molecular complexity index is 948. The van der Waals surface area contributed by atoms with Crippen LogP contribution in [-0.4, -0.2) is 40.1 Å². The average molecular weight is 376 g/mol. The standard InChI is InChI=1S/C21H21N5O2/c1-26-7-6-14-16(9-22)20(25)21(11-23,12-24)19(17(14)10-26)15-5-4-13(27-2)8-18(15)28-3/h4-6,8,16-17,19,25H,7,10H2,1-3H3/p+1/t16?,17-,19-/m0/s1. The van der Waals surface area contributed by atoms with Gasteiger partial charge in [-0.15, -0.1) is 0 Å². The van der Waals surface area contributed by atoms with Crippen LogP contribution in [0, 0.1) is 56.7 Å². The molecule has 2 aliphatic rings. The molecule has 1 aromatic rings. The minimum Gasteiger partial charge on any atom is -0.497 e. The van der Waals surface area contributed by atoms with Gasteiger partial charge in [0.05, 0.1) is 58.3 Å². The number of nitrogens with one attached hydrogen (secondary N) is 2. The lowest BCUT2D eigenvalue weighted by atomic mass is 9.54. The van der Waals surface area contributed by atoms with Gasteiger partial charge in [0, 0.05) is 23.5 Å². The van der Waals surface area contributed by atoms with Crippen LogP contribution in [-0.2, 0) is 0 Å². The molecule has 0 spiro atoms. The number of fused-ring (bicyclic) bond motifs is 1. The van der Waals surface area contributed by atoms with Crippen molar-refractivity contribution < 1.29 is 14.4 Å². The van der Waals surface area contributed by atoms with Crippen LogP contribution in [0.25, 0.3) is 0 Å². The molecule has 1 aromatic carbocycles. The van der Waals surface area contributed by atoms with Crippen molar-refractivity contribution in [2.24, 2.45) is 17.3 Å². The summed E-state index contributed by atoms with van der Waals surface area (Å²) in [5.41, 5.74) is -0.368. The smallest absolute Gasteiger partial charge is 0.190 e. The maximum atomic E-state index is 10.1. The SMILES string of the molecule is COc1ccc([C@H]2[C@H]3C[NH+](C)CC=C3C(C#N)C(=N)C2(C#N)C#N)c(OC)c1. The molecule has 142 valence electrons. The van der Waals surface area contributed by atoms with Gasteiger partial charge in [-0.05, 0) is 17.7 Å². The van der Waals surface area contributed by atoms with Gasteiger partial charge in [0.15, 0.2) is 5.41 Å². The quantitative estimate of drug-likeness (QED) is 0.765. The molecule has 0 aromatic heterocycles. The first-order valence-electron chi connectivity index (χ1n) is 9.01. The Hall–Kier alpha value is -3.34. The van der Waals surface area contributed by atoms with Crippen LogP contribution in [0.3, 0.4) is 0 Å². The van der Waals surface area contributed by atoms with Gasteiger partial charge >= 0.3 is 0 Å². The summed E-state index contributed by atoms with van der Waals surface area (Å²) in [7, 11) is 5.12. The lowest BCUT2D eigenvalue weighted by Gasteiger charge is -2.46. The zero-order chi connectivity index (χ0) is 20.5. The van der Waals surface area contributed by atoms with Crippen LogP contribution in [0.4, 0.5) is 0 Å². The summed E-state index contributed by atoms with van der Waals surface area (Å²) < 4.78 is 10.8. The highest BCUT2D eigenvalue weighted by molar-refractivity contribution is 6.01. The van der Waals surface area contributed by atoms with Crippen molar-refractivity contribution in [3.8, 4) is 29.7 Å². The van der Waals surface area contributed by atoms with E-state index >= 15 is 0 Å². The van der Waals surface area contributed by atoms with E-state index in [9.17, 15) is 15.8 Å². The number of hydrogen-bond donors (Lipinski definition) is 2. The number of rotatable bonds is 3. The Labute approximate surface area is 164 Å². The van der Waals surface area contributed by atoms with Gasteiger partial charge in [0.1, 0.15) is 17.4 Å². The molecule has 1 aliphatic heterocycles. The van der Waals surface area contributed by atoms with Crippen LogP contribution < -0.4 is 14.4 Å². The summed E-state index contributed by atoms with van der Waals surface area (Å²) in [5, 5.41) is 38.5. The molecule has 2 N–H and O–H groups in total. The molecule has 0 saturated heterocycles. The van der Waals surface area contributed by atoms with Gasteiger partial charge in [0.25, 0.3) is 0 Å². The summed E-state index contributed by atoms with van der Waals surface area (Å²) in [6.07, 6.45) is 1.99. The number of nitriles is 3. The van der Waals surface area contributed by atoms with Gasteiger partial charge in [-0.3, -0.25) is 0 Å². The number of methoxy groups -OCH3 is 2. The number of likely N-dealkylation sites (N-methyl/N-ethyl adjacent to an activating group) is 1. The molecule has 1 fully saturated rings. The fourth-order valence-corrected chi connectivity index (χ4v) is 4.47. The molecule has 1 saturated carbocycles. The lowest BCUT2D eigenvalue weighted by molar-refractivity contribution is -0.878. The third kappa shape index (κ3) is 2.71. The van der Waals surface area contributed by atoms with Crippen molar-refractivity contribution in [3.05, 3.63) is 35.4 Å². The molecule has 0 radical (unpaired) electrons. The zero-order valence-corrected chi connectivity index (χ0v) is 16.1. The molecule has 7 heteroatoms. The summed E-state index contributed by atoms with van der Waals surface area (Å²) in [6.45, 7) is 1.41. The van der Waals surface area contributed by atoms with E-state index in [1.165, 1.54) is 12.0 Å². The molecule has 2 unspecified atom stereocenters.